The molecule has 0 amide bonds. The summed E-state index contributed by atoms with van der Waals surface area (Å²) in [5.74, 6) is -0.182. The third kappa shape index (κ3) is 4.76. The van der Waals surface area contributed by atoms with Crippen molar-refractivity contribution in [2.75, 3.05) is 6.54 Å². The fourth-order valence-electron chi connectivity index (χ4n) is 2.28. The SMILES string of the molecule is CCCNC(Cc1ccccc1Br)c1ccc(F)cc1I. The molecule has 0 bridgehead atoms. The lowest BCUT2D eigenvalue weighted by Gasteiger charge is -2.21. The van der Waals surface area contributed by atoms with Crippen LogP contribution in [-0.4, -0.2) is 6.54 Å². The molecule has 1 atom stereocenters. The highest BCUT2D eigenvalue weighted by molar-refractivity contribution is 14.1. The van der Waals surface area contributed by atoms with Crippen LogP contribution < -0.4 is 5.32 Å². The molecular weight excluding hydrogens is 444 g/mol. The van der Waals surface area contributed by atoms with Crippen LogP contribution in [0.25, 0.3) is 0 Å². The van der Waals surface area contributed by atoms with Crippen LogP contribution in [0.5, 0.6) is 0 Å². The number of halogens is 3. The lowest BCUT2D eigenvalue weighted by Crippen LogP contribution is -2.25. The van der Waals surface area contributed by atoms with E-state index in [1.165, 1.54) is 11.6 Å². The van der Waals surface area contributed by atoms with Crippen molar-refractivity contribution in [1.29, 1.82) is 0 Å². The lowest BCUT2D eigenvalue weighted by atomic mass is 9.98. The van der Waals surface area contributed by atoms with E-state index in [1.807, 2.05) is 18.2 Å². The molecule has 2 aromatic rings. The molecule has 21 heavy (non-hydrogen) atoms. The van der Waals surface area contributed by atoms with Gasteiger partial charge in [0.05, 0.1) is 0 Å². The summed E-state index contributed by atoms with van der Waals surface area (Å²) in [6.45, 7) is 3.10. The second kappa shape index (κ2) is 8.25. The first-order valence-corrected chi connectivity index (χ1v) is 8.90. The summed E-state index contributed by atoms with van der Waals surface area (Å²) in [7, 11) is 0. The zero-order valence-electron chi connectivity index (χ0n) is 11.9. The molecule has 0 aliphatic heterocycles. The van der Waals surface area contributed by atoms with Gasteiger partial charge in [-0.3, -0.25) is 0 Å². The molecule has 0 fully saturated rings. The summed E-state index contributed by atoms with van der Waals surface area (Å²) in [5.41, 5.74) is 2.41. The third-order valence-corrected chi connectivity index (χ3v) is 5.07. The summed E-state index contributed by atoms with van der Waals surface area (Å²) in [6, 6.07) is 13.5. The summed E-state index contributed by atoms with van der Waals surface area (Å²) in [6.07, 6.45) is 1.95. The van der Waals surface area contributed by atoms with Crippen molar-refractivity contribution in [1.82, 2.24) is 5.32 Å². The van der Waals surface area contributed by atoms with Gasteiger partial charge in [-0.2, -0.15) is 0 Å². The van der Waals surface area contributed by atoms with Crippen LogP contribution in [0.2, 0.25) is 0 Å². The van der Waals surface area contributed by atoms with E-state index in [2.05, 4.69) is 62.9 Å². The molecule has 2 aromatic carbocycles. The summed E-state index contributed by atoms with van der Waals surface area (Å²) < 4.78 is 15.4. The summed E-state index contributed by atoms with van der Waals surface area (Å²) in [5, 5.41) is 3.57. The minimum atomic E-state index is -0.182. The Morgan fingerprint density at radius 2 is 2.00 bits per heavy atom. The number of benzene rings is 2. The van der Waals surface area contributed by atoms with Crippen molar-refractivity contribution in [2.45, 2.75) is 25.8 Å². The maximum atomic E-state index is 13.3. The molecule has 0 spiro atoms. The van der Waals surface area contributed by atoms with Gasteiger partial charge in [0.2, 0.25) is 0 Å². The first-order chi connectivity index (χ1) is 10.1. The smallest absolute Gasteiger partial charge is 0.124 e. The van der Waals surface area contributed by atoms with E-state index in [0.29, 0.717) is 0 Å². The highest BCUT2D eigenvalue weighted by Gasteiger charge is 2.16. The Morgan fingerprint density at radius 3 is 2.67 bits per heavy atom. The molecule has 0 aromatic heterocycles. The van der Waals surface area contributed by atoms with Crippen LogP contribution in [0.15, 0.2) is 46.9 Å². The van der Waals surface area contributed by atoms with Gasteiger partial charge in [0.15, 0.2) is 0 Å². The van der Waals surface area contributed by atoms with Crippen molar-refractivity contribution in [3.63, 3.8) is 0 Å². The molecule has 1 nitrogen and oxygen atoms in total. The molecule has 0 saturated carbocycles. The van der Waals surface area contributed by atoms with Crippen molar-refractivity contribution in [2.24, 2.45) is 0 Å². The lowest BCUT2D eigenvalue weighted by molar-refractivity contribution is 0.525. The predicted octanol–water partition coefficient (Wildman–Crippen LogP) is 5.48. The van der Waals surface area contributed by atoms with Gasteiger partial charge >= 0.3 is 0 Å². The molecular formula is C17H18BrFIN. The van der Waals surface area contributed by atoms with E-state index in [-0.39, 0.29) is 11.9 Å². The number of nitrogens with one attached hydrogen (secondary N) is 1. The topological polar surface area (TPSA) is 12.0 Å². The zero-order valence-corrected chi connectivity index (χ0v) is 15.6. The van der Waals surface area contributed by atoms with Crippen molar-refractivity contribution in [3.8, 4) is 0 Å². The Bertz CT molecular complexity index is 603. The van der Waals surface area contributed by atoms with Crippen molar-refractivity contribution >= 4 is 38.5 Å². The molecule has 2 rings (SSSR count). The van der Waals surface area contributed by atoms with E-state index < -0.39 is 0 Å². The molecule has 1 unspecified atom stereocenters. The van der Waals surface area contributed by atoms with Gasteiger partial charge in [-0.1, -0.05) is 47.1 Å². The Balaban J connectivity index is 2.27. The molecule has 0 saturated heterocycles. The molecule has 4 heteroatoms. The molecule has 0 aliphatic carbocycles. The minimum absolute atomic E-state index is 0.182. The average Bonchev–Trinajstić information content (AvgIpc) is 2.46. The number of hydrogen-bond donors (Lipinski definition) is 1. The van der Waals surface area contributed by atoms with Crippen LogP contribution in [0, 0.1) is 9.39 Å². The van der Waals surface area contributed by atoms with E-state index >= 15 is 0 Å². The highest BCUT2D eigenvalue weighted by Crippen LogP contribution is 2.27. The van der Waals surface area contributed by atoms with Crippen LogP contribution in [-0.2, 0) is 6.42 Å². The van der Waals surface area contributed by atoms with Crippen molar-refractivity contribution < 1.29 is 4.39 Å². The number of rotatable bonds is 6. The van der Waals surface area contributed by atoms with Gasteiger partial charge in [-0.15, -0.1) is 0 Å². The fourth-order valence-corrected chi connectivity index (χ4v) is 3.58. The average molecular weight is 462 g/mol. The van der Waals surface area contributed by atoms with Crippen LogP contribution >= 0.6 is 38.5 Å². The van der Waals surface area contributed by atoms with Crippen LogP contribution in [0.3, 0.4) is 0 Å². The maximum Gasteiger partial charge on any atom is 0.124 e. The molecule has 0 radical (unpaired) electrons. The summed E-state index contributed by atoms with van der Waals surface area (Å²) in [4.78, 5) is 0. The molecule has 112 valence electrons. The van der Waals surface area contributed by atoms with E-state index in [4.69, 9.17) is 0 Å². The standard InChI is InChI=1S/C17H18BrFIN/c1-2-9-21-17(10-12-5-3-4-6-15(12)18)14-8-7-13(19)11-16(14)20/h3-8,11,17,21H,2,9-10H2,1H3. The second-order valence-corrected chi connectivity index (χ2v) is 6.98. The maximum absolute atomic E-state index is 13.3. The Hall–Kier alpha value is -0.460. The van der Waals surface area contributed by atoms with Gasteiger partial charge in [0.25, 0.3) is 0 Å². The van der Waals surface area contributed by atoms with Crippen LogP contribution in [0.1, 0.15) is 30.5 Å². The molecule has 1 N–H and O–H groups in total. The van der Waals surface area contributed by atoms with Gasteiger partial charge in [-0.25, -0.2) is 4.39 Å². The largest absolute Gasteiger partial charge is 0.310 e. The second-order valence-electron chi connectivity index (χ2n) is 4.97. The first-order valence-electron chi connectivity index (χ1n) is 7.03. The number of hydrogen-bond acceptors (Lipinski definition) is 1. The van der Waals surface area contributed by atoms with Crippen molar-refractivity contribution in [3.05, 3.63) is 67.5 Å². The predicted molar refractivity (Wildman–Crippen MR) is 98.0 cm³/mol. The van der Waals surface area contributed by atoms with Gasteiger partial charge in [-0.05, 0) is 71.3 Å². The monoisotopic (exact) mass is 461 g/mol. The Morgan fingerprint density at radius 1 is 1.24 bits per heavy atom. The fraction of sp³-hybridized carbons (Fsp3) is 0.294. The zero-order chi connectivity index (χ0) is 15.2. The normalized spacial score (nSPS) is 12.4. The van der Waals surface area contributed by atoms with Gasteiger partial charge in [0, 0.05) is 14.1 Å². The first kappa shape index (κ1) is 16.9. The van der Waals surface area contributed by atoms with Gasteiger partial charge in [0.1, 0.15) is 5.82 Å². The van der Waals surface area contributed by atoms with E-state index in [1.54, 1.807) is 6.07 Å². The molecule has 0 aliphatic rings. The van der Waals surface area contributed by atoms with E-state index in [9.17, 15) is 4.39 Å². The van der Waals surface area contributed by atoms with E-state index in [0.717, 1.165) is 33.0 Å². The van der Waals surface area contributed by atoms with Gasteiger partial charge < -0.3 is 5.32 Å². The third-order valence-electron chi connectivity index (χ3n) is 3.36. The molecule has 0 heterocycles. The Kier molecular flexibility index (Phi) is 6.64. The minimum Gasteiger partial charge on any atom is -0.310 e. The van der Waals surface area contributed by atoms with Crippen LogP contribution in [0.4, 0.5) is 4.39 Å². The highest BCUT2D eigenvalue weighted by atomic mass is 127. The summed E-state index contributed by atoms with van der Waals surface area (Å²) >= 11 is 5.82. The quantitative estimate of drug-likeness (QED) is 0.562. The Labute approximate surface area is 147 Å².